The van der Waals surface area contributed by atoms with Crippen molar-refractivity contribution in [3.8, 4) is 11.5 Å². The van der Waals surface area contributed by atoms with E-state index in [2.05, 4.69) is 42.7 Å². The number of ketones is 1. The summed E-state index contributed by atoms with van der Waals surface area (Å²) >= 11 is 0. The average molecular weight is 423 g/mol. The van der Waals surface area contributed by atoms with Gasteiger partial charge in [-0.1, -0.05) is 25.5 Å². The van der Waals surface area contributed by atoms with Gasteiger partial charge in [-0.25, -0.2) is 0 Å². The van der Waals surface area contributed by atoms with E-state index < -0.39 is 0 Å². The number of phenolic OH excluding ortho intramolecular Hbond substituents is 1. The molecule has 0 radical (unpaired) electrons. The Balaban J connectivity index is 1.89. The average Bonchev–Trinajstić information content (AvgIpc) is 3.08. The smallest absolute Gasteiger partial charge is 0.232 e. The topological polar surface area (TPSA) is 53.0 Å². The fourth-order valence-corrected chi connectivity index (χ4v) is 4.03. The van der Waals surface area contributed by atoms with Crippen molar-refractivity contribution in [1.82, 2.24) is 4.90 Å². The molecule has 1 heterocycles. The normalized spacial score (nSPS) is 14.3. The second kappa shape index (κ2) is 10.0. The summed E-state index contributed by atoms with van der Waals surface area (Å²) in [5.41, 5.74) is 4.04. The molecule has 1 N–H and O–H groups in total. The molecule has 0 aromatic heterocycles. The van der Waals surface area contributed by atoms with E-state index in [-0.39, 0.29) is 11.5 Å². The Labute approximate surface area is 185 Å². The van der Waals surface area contributed by atoms with Crippen molar-refractivity contribution in [3.05, 3.63) is 58.3 Å². The molecule has 3 rings (SSSR count). The number of allylic oxidation sites excluding steroid dienone is 1. The number of rotatable bonds is 9. The molecule has 5 heteroatoms. The Kier molecular flexibility index (Phi) is 7.39. The van der Waals surface area contributed by atoms with Crippen molar-refractivity contribution >= 4 is 17.5 Å². The second-order valence-corrected chi connectivity index (χ2v) is 8.19. The van der Waals surface area contributed by atoms with Crippen LogP contribution in [0.25, 0.3) is 6.08 Å². The molecule has 166 valence electrons. The lowest BCUT2D eigenvalue weighted by atomic mass is 9.99. The van der Waals surface area contributed by atoms with Crippen LogP contribution in [-0.2, 0) is 6.54 Å². The minimum Gasteiger partial charge on any atom is -0.507 e. The third kappa shape index (κ3) is 4.93. The van der Waals surface area contributed by atoms with Crippen LogP contribution in [0.15, 0.2) is 36.1 Å². The number of Topliss-reactive ketones (excluding diaryl/α,β-unsaturated/α-hetero) is 1. The summed E-state index contributed by atoms with van der Waals surface area (Å²) in [5.74, 6) is 0.851. The molecule has 2 aromatic carbocycles. The van der Waals surface area contributed by atoms with Crippen LogP contribution in [0, 0.1) is 6.92 Å². The summed E-state index contributed by atoms with van der Waals surface area (Å²) in [6, 6.07) is 9.81. The Morgan fingerprint density at radius 1 is 1.10 bits per heavy atom. The molecule has 2 aromatic rings. The van der Waals surface area contributed by atoms with Gasteiger partial charge in [0.2, 0.25) is 5.78 Å². The highest BCUT2D eigenvalue weighted by Crippen LogP contribution is 2.42. The second-order valence-electron chi connectivity index (χ2n) is 8.19. The molecular weight excluding hydrogens is 388 g/mol. The van der Waals surface area contributed by atoms with E-state index in [1.54, 1.807) is 12.1 Å². The fourth-order valence-electron chi connectivity index (χ4n) is 4.03. The van der Waals surface area contributed by atoms with E-state index in [9.17, 15) is 9.90 Å². The van der Waals surface area contributed by atoms with E-state index in [0.29, 0.717) is 29.2 Å². The predicted octanol–water partition coefficient (Wildman–Crippen LogP) is 5.39. The zero-order valence-electron chi connectivity index (χ0n) is 19.4. The maximum atomic E-state index is 13.1. The van der Waals surface area contributed by atoms with Gasteiger partial charge in [0.1, 0.15) is 11.5 Å². The van der Waals surface area contributed by atoms with Crippen LogP contribution in [0.2, 0.25) is 0 Å². The number of hydrogen-bond donors (Lipinski definition) is 1. The van der Waals surface area contributed by atoms with Crippen molar-refractivity contribution in [2.45, 2.75) is 47.1 Å². The highest BCUT2D eigenvalue weighted by molar-refractivity contribution is 6.15. The molecule has 1 aliphatic heterocycles. The third-order valence-corrected chi connectivity index (χ3v) is 5.86. The first-order chi connectivity index (χ1) is 14.9. The van der Waals surface area contributed by atoms with Crippen LogP contribution < -0.4 is 9.64 Å². The maximum Gasteiger partial charge on any atom is 0.232 e. The van der Waals surface area contributed by atoms with Crippen LogP contribution in [0.4, 0.5) is 5.69 Å². The molecule has 0 unspecified atom stereocenters. The number of carbonyl (C=O) groups excluding carboxylic acids is 1. The number of fused-ring (bicyclic) bond motifs is 1. The number of nitrogens with zero attached hydrogens (tertiary/aromatic N) is 2. The lowest BCUT2D eigenvalue weighted by Gasteiger charge is -2.20. The number of aromatic hydroxyl groups is 1. The minimum atomic E-state index is -0.127. The number of phenols is 1. The van der Waals surface area contributed by atoms with Crippen LogP contribution in [0.3, 0.4) is 0 Å². The maximum absolute atomic E-state index is 13.1. The summed E-state index contributed by atoms with van der Waals surface area (Å²) in [4.78, 5) is 17.5. The molecule has 0 bridgehead atoms. The summed E-state index contributed by atoms with van der Waals surface area (Å²) in [7, 11) is 2.02. The minimum absolute atomic E-state index is 0.127. The standard InChI is InChI=1S/C26H34N2O3/c1-6-9-14-27(5)17-21-22(29)15-18(4)24-25(30)23(31-26(21)24)16-19-10-12-20(13-11-19)28(7-2)8-3/h10-13,15-16,29H,6-9,14,17H2,1-5H3/b23-16-. The molecular formula is C26H34N2O3. The van der Waals surface area contributed by atoms with Crippen LogP contribution in [0.5, 0.6) is 11.5 Å². The van der Waals surface area contributed by atoms with Gasteiger partial charge in [-0.3, -0.25) is 4.79 Å². The molecule has 0 aliphatic carbocycles. The molecule has 0 amide bonds. The van der Waals surface area contributed by atoms with E-state index >= 15 is 0 Å². The fraction of sp³-hybridized carbons (Fsp3) is 0.423. The monoisotopic (exact) mass is 422 g/mol. The van der Waals surface area contributed by atoms with Gasteiger partial charge in [0.25, 0.3) is 0 Å². The zero-order valence-corrected chi connectivity index (χ0v) is 19.4. The molecule has 0 saturated carbocycles. The van der Waals surface area contributed by atoms with Gasteiger partial charge in [-0.2, -0.15) is 0 Å². The zero-order chi connectivity index (χ0) is 22.5. The van der Waals surface area contributed by atoms with Crippen LogP contribution >= 0.6 is 0 Å². The van der Waals surface area contributed by atoms with Crippen molar-refractivity contribution in [2.24, 2.45) is 0 Å². The lowest BCUT2D eigenvalue weighted by Crippen LogP contribution is -2.21. The Hall–Kier alpha value is -2.79. The summed E-state index contributed by atoms with van der Waals surface area (Å²) in [5, 5.41) is 10.6. The summed E-state index contributed by atoms with van der Waals surface area (Å²) < 4.78 is 6.06. The van der Waals surface area contributed by atoms with Crippen LogP contribution in [-0.4, -0.2) is 42.5 Å². The van der Waals surface area contributed by atoms with E-state index in [4.69, 9.17) is 4.74 Å². The first kappa shape index (κ1) is 22.9. The Bertz CT molecular complexity index is 960. The first-order valence-electron chi connectivity index (χ1n) is 11.2. The lowest BCUT2D eigenvalue weighted by molar-refractivity contribution is 0.101. The van der Waals surface area contributed by atoms with Gasteiger partial charge in [0.15, 0.2) is 5.76 Å². The highest BCUT2D eigenvalue weighted by Gasteiger charge is 2.33. The number of carbonyl (C=O) groups is 1. The van der Waals surface area contributed by atoms with Gasteiger partial charge in [-0.15, -0.1) is 0 Å². The molecule has 31 heavy (non-hydrogen) atoms. The van der Waals surface area contributed by atoms with Crippen molar-refractivity contribution < 1.29 is 14.6 Å². The first-order valence-corrected chi connectivity index (χ1v) is 11.2. The summed E-state index contributed by atoms with van der Waals surface area (Å²) in [6.07, 6.45) is 3.98. The molecule has 0 saturated heterocycles. The van der Waals surface area contributed by atoms with Gasteiger partial charge >= 0.3 is 0 Å². The van der Waals surface area contributed by atoms with Crippen molar-refractivity contribution in [2.75, 3.05) is 31.6 Å². The molecule has 0 spiro atoms. The quantitative estimate of drug-likeness (QED) is 0.549. The number of benzene rings is 2. The van der Waals surface area contributed by atoms with Gasteiger partial charge < -0.3 is 19.6 Å². The number of anilines is 1. The predicted molar refractivity (Wildman–Crippen MR) is 127 cm³/mol. The molecule has 0 fully saturated rings. The Morgan fingerprint density at radius 3 is 2.39 bits per heavy atom. The number of ether oxygens (including phenoxy) is 1. The molecule has 5 nitrogen and oxygen atoms in total. The molecule has 0 atom stereocenters. The largest absolute Gasteiger partial charge is 0.507 e. The Morgan fingerprint density at radius 2 is 1.77 bits per heavy atom. The van der Waals surface area contributed by atoms with Gasteiger partial charge in [0.05, 0.1) is 11.1 Å². The number of hydrogen-bond acceptors (Lipinski definition) is 5. The van der Waals surface area contributed by atoms with Crippen molar-refractivity contribution in [1.29, 1.82) is 0 Å². The number of aryl methyl sites for hydroxylation is 1. The SMILES string of the molecule is CCCCN(C)Cc1c(O)cc(C)c2c1O/C(=C\c1ccc(N(CC)CC)cc1)C2=O. The number of unbranched alkanes of at least 4 members (excludes halogenated alkanes) is 1. The highest BCUT2D eigenvalue weighted by atomic mass is 16.5. The van der Waals surface area contributed by atoms with Gasteiger partial charge in [0, 0.05) is 25.3 Å². The summed E-state index contributed by atoms with van der Waals surface area (Å²) in [6.45, 7) is 11.6. The van der Waals surface area contributed by atoms with Crippen molar-refractivity contribution in [3.63, 3.8) is 0 Å². The van der Waals surface area contributed by atoms with E-state index in [1.165, 1.54) is 0 Å². The van der Waals surface area contributed by atoms with Crippen LogP contribution in [0.1, 0.15) is 60.7 Å². The van der Waals surface area contributed by atoms with E-state index in [1.807, 2.05) is 26.1 Å². The third-order valence-electron chi connectivity index (χ3n) is 5.86. The van der Waals surface area contributed by atoms with Gasteiger partial charge in [-0.05, 0) is 76.2 Å². The molecule has 1 aliphatic rings. The van der Waals surface area contributed by atoms with E-state index in [0.717, 1.165) is 49.3 Å².